The topological polar surface area (TPSA) is 58.6 Å². The molecule has 1 aromatic carbocycles. The number of hydrogen-bond donors (Lipinski definition) is 1. The molecule has 0 aliphatic carbocycles. The number of carbonyl (C=O) groups excluding carboxylic acids is 2. The summed E-state index contributed by atoms with van der Waals surface area (Å²) in [6.45, 7) is 4.83. The van der Waals surface area contributed by atoms with Gasteiger partial charge in [-0.05, 0) is 26.0 Å². The number of nitrogens with one attached hydrogen (secondary N) is 1. The first-order chi connectivity index (χ1) is 11.9. The highest BCUT2D eigenvalue weighted by molar-refractivity contribution is 8.01. The molecule has 3 rings (SSSR count). The SMILES string of the molecule is CC1(C)SCC(C(=O)N2CCC(Oc3ccccc3F)CC2)NC1=O. The molecule has 1 N–H and O–H groups in total. The number of piperidine rings is 1. The van der Waals surface area contributed by atoms with Gasteiger partial charge in [0.2, 0.25) is 11.8 Å². The molecule has 1 unspecified atom stereocenters. The molecule has 0 bridgehead atoms. The molecule has 2 aliphatic heterocycles. The summed E-state index contributed by atoms with van der Waals surface area (Å²) in [7, 11) is 0. The van der Waals surface area contributed by atoms with Crippen molar-refractivity contribution in [2.24, 2.45) is 0 Å². The molecule has 1 aromatic rings. The monoisotopic (exact) mass is 366 g/mol. The van der Waals surface area contributed by atoms with E-state index >= 15 is 0 Å². The van der Waals surface area contributed by atoms with E-state index in [0.717, 1.165) is 0 Å². The van der Waals surface area contributed by atoms with Gasteiger partial charge in [-0.2, -0.15) is 0 Å². The van der Waals surface area contributed by atoms with Crippen molar-refractivity contribution in [3.63, 3.8) is 0 Å². The zero-order valence-electron chi connectivity index (χ0n) is 14.5. The second kappa shape index (κ2) is 7.23. The Bertz CT molecular complexity index is 659. The number of thioether (sulfide) groups is 1. The summed E-state index contributed by atoms with van der Waals surface area (Å²) >= 11 is 1.51. The van der Waals surface area contributed by atoms with Gasteiger partial charge in [-0.1, -0.05) is 12.1 Å². The van der Waals surface area contributed by atoms with E-state index < -0.39 is 10.8 Å². The quantitative estimate of drug-likeness (QED) is 0.891. The lowest BCUT2D eigenvalue weighted by Gasteiger charge is -2.38. The predicted octanol–water partition coefficient (Wildman–Crippen LogP) is 2.21. The number of benzene rings is 1. The Morgan fingerprint density at radius 3 is 2.64 bits per heavy atom. The van der Waals surface area contributed by atoms with Crippen LogP contribution in [0.3, 0.4) is 0 Å². The first kappa shape index (κ1) is 18.0. The van der Waals surface area contributed by atoms with E-state index in [1.807, 2.05) is 13.8 Å². The Hall–Kier alpha value is -1.76. The zero-order valence-corrected chi connectivity index (χ0v) is 15.3. The van der Waals surface area contributed by atoms with Crippen LogP contribution in [0.1, 0.15) is 26.7 Å². The van der Waals surface area contributed by atoms with Crippen LogP contribution in [0.4, 0.5) is 4.39 Å². The fourth-order valence-electron chi connectivity index (χ4n) is 3.00. The highest BCUT2D eigenvalue weighted by Gasteiger charge is 2.39. The maximum absolute atomic E-state index is 13.7. The van der Waals surface area contributed by atoms with Crippen molar-refractivity contribution in [2.45, 2.75) is 43.6 Å². The summed E-state index contributed by atoms with van der Waals surface area (Å²) in [6, 6.07) is 5.89. The molecule has 2 saturated heterocycles. The summed E-state index contributed by atoms with van der Waals surface area (Å²) in [5.41, 5.74) is 0. The first-order valence-electron chi connectivity index (χ1n) is 8.52. The van der Waals surface area contributed by atoms with Crippen molar-refractivity contribution in [3.8, 4) is 5.75 Å². The minimum absolute atomic E-state index is 0.0410. The second-order valence-electron chi connectivity index (χ2n) is 6.92. The van der Waals surface area contributed by atoms with Crippen LogP contribution < -0.4 is 10.1 Å². The number of amides is 2. The van der Waals surface area contributed by atoms with Gasteiger partial charge in [0.25, 0.3) is 0 Å². The van der Waals surface area contributed by atoms with E-state index in [1.54, 1.807) is 23.1 Å². The van der Waals surface area contributed by atoms with Gasteiger partial charge in [-0.25, -0.2) is 4.39 Å². The van der Waals surface area contributed by atoms with Crippen molar-refractivity contribution in [2.75, 3.05) is 18.8 Å². The Kier molecular flexibility index (Phi) is 5.22. The van der Waals surface area contributed by atoms with Gasteiger partial charge in [-0.15, -0.1) is 11.8 Å². The molecular weight excluding hydrogens is 343 g/mol. The zero-order chi connectivity index (χ0) is 18.0. The van der Waals surface area contributed by atoms with Crippen LogP contribution >= 0.6 is 11.8 Å². The third kappa shape index (κ3) is 4.08. The minimum Gasteiger partial charge on any atom is -0.487 e. The van der Waals surface area contributed by atoms with E-state index in [4.69, 9.17) is 4.74 Å². The molecule has 0 radical (unpaired) electrons. The van der Waals surface area contributed by atoms with Gasteiger partial charge < -0.3 is 15.0 Å². The van der Waals surface area contributed by atoms with Gasteiger partial charge in [0.15, 0.2) is 11.6 Å². The van der Waals surface area contributed by atoms with Gasteiger partial charge in [0, 0.05) is 31.7 Å². The third-order valence-electron chi connectivity index (χ3n) is 4.65. The lowest BCUT2D eigenvalue weighted by molar-refractivity contribution is -0.138. The van der Waals surface area contributed by atoms with Gasteiger partial charge in [0.05, 0.1) is 4.75 Å². The van der Waals surface area contributed by atoms with Crippen LogP contribution in [0.25, 0.3) is 0 Å². The Labute approximate surface area is 151 Å². The standard InChI is InChI=1S/C18H23FN2O3S/c1-18(2)17(23)20-14(11-25-18)16(22)21-9-7-12(8-10-21)24-15-6-4-3-5-13(15)19/h3-6,12,14H,7-11H2,1-2H3,(H,20,23). The molecular formula is C18H23FN2O3S. The number of carbonyl (C=O) groups is 2. The van der Waals surface area contributed by atoms with E-state index in [9.17, 15) is 14.0 Å². The lowest BCUT2D eigenvalue weighted by Crippen LogP contribution is -2.58. The first-order valence-corrected chi connectivity index (χ1v) is 9.50. The van der Waals surface area contributed by atoms with Crippen molar-refractivity contribution in [3.05, 3.63) is 30.1 Å². The number of nitrogens with zero attached hydrogens (tertiary/aromatic N) is 1. The number of likely N-dealkylation sites (tertiary alicyclic amines) is 1. The molecule has 0 aromatic heterocycles. The molecule has 2 heterocycles. The maximum atomic E-state index is 13.7. The number of halogens is 1. The Morgan fingerprint density at radius 2 is 2.00 bits per heavy atom. The van der Waals surface area contributed by atoms with Gasteiger partial charge >= 0.3 is 0 Å². The number of para-hydroxylation sites is 1. The van der Waals surface area contributed by atoms with Crippen molar-refractivity contribution in [1.29, 1.82) is 0 Å². The van der Waals surface area contributed by atoms with E-state index in [1.165, 1.54) is 17.8 Å². The van der Waals surface area contributed by atoms with Crippen LogP contribution in [0, 0.1) is 5.82 Å². The van der Waals surface area contributed by atoms with Crippen molar-refractivity contribution in [1.82, 2.24) is 10.2 Å². The predicted molar refractivity (Wildman–Crippen MR) is 95.1 cm³/mol. The Morgan fingerprint density at radius 1 is 1.32 bits per heavy atom. The van der Waals surface area contributed by atoms with Crippen molar-refractivity contribution < 1.29 is 18.7 Å². The average molecular weight is 366 g/mol. The third-order valence-corrected chi connectivity index (χ3v) is 6.05. The highest BCUT2D eigenvalue weighted by Crippen LogP contribution is 2.30. The molecule has 0 saturated carbocycles. The molecule has 2 aliphatic rings. The maximum Gasteiger partial charge on any atom is 0.246 e. The summed E-state index contributed by atoms with van der Waals surface area (Å²) in [5, 5.41) is 2.83. The molecule has 136 valence electrons. The van der Waals surface area contributed by atoms with Crippen LogP contribution in [-0.2, 0) is 9.59 Å². The van der Waals surface area contributed by atoms with Crippen LogP contribution in [0.2, 0.25) is 0 Å². The van der Waals surface area contributed by atoms with Gasteiger partial charge in [0.1, 0.15) is 12.1 Å². The van der Waals surface area contributed by atoms with Crippen LogP contribution in [-0.4, -0.2) is 52.4 Å². The molecule has 2 amide bonds. The molecule has 7 heteroatoms. The number of rotatable bonds is 3. The fourth-order valence-corrected chi connectivity index (χ4v) is 4.00. The molecule has 5 nitrogen and oxygen atoms in total. The number of hydrogen-bond acceptors (Lipinski definition) is 4. The molecule has 2 fully saturated rings. The molecule has 1 atom stereocenters. The minimum atomic E-state index is -0.489. The summed E-state index contributed by atoms with van der Waals surface area (Å²) < 4.78 is 18.9. The second-order valence-corrected chi connectivity index (χ2v) is 8.56. The van der Waals surface area contributed by atoms with Crippen LogP contribution in [0.5, 0.6) is 5.75 Å². The number of ether oxygens (including phenoxy) is 1. The Balaban J connectivity index is 1.51. The average Bonchev–Trinajstić information content (AvgIpc) is 2.59. The molecule has 0 spiro atoms. The van der Waals surface area contributed by atoms with Gasteiger partial charge in [-0.3, -0.25) is 9.59 Å². The summed E-state index contributed by atoms with van der Waals surface area (Å²) in [6.07, 6.45) is 1.20. The largest absolute Gasteiger partial charge is 0.487 e. The van der Waals surface area contributed by atoms with Crippen molar-refractivity contribution >= 4 is 23.6 Å². The normalized spacial score (nSPS) is 23.9. The lowest BCUT2D eigenvalue weighted by atomic mass is 10.1. The van der Waals surface area contributed by atoms with E-state index in [2.05, 4.69) is 5.32 Å². The highest BCUT2D eigenvalue weighted by atomic mass is 32.2. The van der Waals surface area contributed by atoms with E-state index in [-0.39, 0.29) is 29.5 Å². The van der Waals surface area contributed by atoms with Crippen LogP contribution in [0.15, 0.2) is 24.3 Å². The smallest absolute Gasteiger partial charge is 0.246 e. The summed E-state index contributed by atoms with van der Waals surface area (Å²) in [5.74, 6) is 0.333. The fraction of sp³-hybridized carbons (Fsp3) is 0.556. The molecule has 25 heavy (non-hydrogen) atoms. The summed E-state index contributed by atoms with van der Waals surface area (Å²) in [4.78, 5) is 26.4. The van der Waals surface area contributed by atoms with E-state index in [0.29, 0.717) is 31.7 Å².